The SMILES string of the molecule is CC(C)(C)c1ccc(C(=O)NC(=S)Nc2ccc(NC(=O)CCc3ccccc3)cc2)cc1. The van der Waals surface area contributed by atoms with Gasteiger partial charge in [0.2, 0.25) is 5.91 Å². The molecular weight excluding hydrogens is 430 g/mol. The number of amides is 2. The van der Waals surface area contributed by atoms with E-state index in [-0.39, 0.29) is 22.3 Å². The van der Waals surface area contributed by atoms with Gasteiger partial charge in [0.25, 0.3) is 5.91 Å². The summed E-state index contributed by atoms with van der Waals surface area (Å²) >= 11 is 5.27. The van der Waals surface area contributed by atoms with Crippen LogP contribution in [0.4, 0.5) is 11.4 Å². The van der Waals surface area contributed by atoms with Gasteiger partial charge in [-0.05, 0) is 71.6 Å². The highest BCUT2D eigenvalue weighted by molar-refractivity contribution is 7.80. The third-order valence-electron chi connectivity index (χ3n) is 5.15. The zero-order chi connectivity index (χ0) is 23.8. The number of carbonyl (C=O) groups excluding carboxylic acids is 2. The zero-order valence-electron chi connectivity index (χ0n) is 19.1. The van der Waals surface area contributed by atoms with Gasteiger partial charge in [-0.2, -0.15) is 0 Å². The number of thiocarbonyl (C=S) groups is 1. The summed E-state index contributed by atoms with van der Waals surface area (Å²) in [5.41, 5.74) is 4.28. The van der Waals surface area contributed by atoms with Crippen LogP contribution in [0.5, 0.6) is 0 Å². The molecule has 0 unspecified atom stereocenters. The van der Waals surface area contributed by atoms with E-state index in [1.54, 1.807) is 36.4 Å². The molecule has 170 valence electrons. The van der Waals surface area contributed by atoms with Gasteiger partial charge in [-0.1, -0.05) is 63.2 Å². The highest BCUT2D eigenvalue weighted by Gasteiger charge is 2.15. The Balaban J connectivity index is 1.47. The number of aryl methyl sites for hydroxylation is 1. The fourth-order valence-corrected chi connectivity index (χ4v) is 3.43. The fourth-order valence-electron chi connectivity index (χ4n) is 3.22. The van der Waals surface area contributed by atoms with Crippen molar-refractivity contribution in [2.75, 3.05) is 10.6 Å². The van der Waals surface area contributed by atoms with E-state index in [1.165, 1.54) is 0 Å². The van der Waals surface area contributed by atoms with Crippen LogP contribution in [0, 0.1) is 0 Å². The van der Waals surface area contributed by atoms with Crippen molar-refractivity contribution in [3.05, 3.63) is 95.6 Å². The molecule has 0 spiro atoms. The summed E-state index contributed by atoms with van der Waals surface area (Å²) in [7, 11) is 0. The van der Waals surface area contributed by atoms with Gasteiger partial charge >= 0.3 is 0 Å². The Morgan fingerprint density at radius 1 is 0.788 bits per heavy atom. The molecule has 2 amide bonds. The monoisotopic (exact) mass is 459 g/mol. The van der Waals surface area contributed by atoms with Crippen LogP contribution in [-0.4, -0.2) is 16.9 Å². The quantitative estimate of drug-likeness (QED) is 0.415. The van der Waals surface area contributed by atoms with Crippen LogP contribution in [-0.2, 0) is 16.6 Å². The lowest BCUT2D eigenvalue weighted by molar-refractivity contribution is -0.116. The summed E-state index contributed by atoms with van der Waals surface area (Å²) in [4.78, 5) is 24.6. The Kier molecular flexibility index (Phi) is 7.96. The minimum atomic E-state index is -0.268. The third-order valence-corrected chi connectivity index (χ3v) is 5.35. The molecule has 0 saturated carbocycles. The maximum atomic E-state index is 12.5. The lowest BCUT2D eigenvalue weighted by Crippen LogP contribution is -2.34. The van der Waals surface area contributed by atoms with Crippen molar-refractivity contribution in [3.8, 4) is 0 Å². The molecule has 0 aliphatic rings. The molecule has 33 heavy (non-hydrogen) atoms. The Bertz CT molecular complexity index is 1100. The van der Waals surface area contributed by atoms with Crippen molar-refractivity contribution in [2.24, 2.45) is 0 Å². The van der Waals surface area contributed by atoms with E-state index in [9.17, 15) is 9.59 Å². The molecule has 0 atom stereocenters. The van der Waals surface area contributed by atoms with Crippen LogP contribution in [0.1, 0.15) is 48.7 Å². The summed E-state index contributed by atoms with van der Waals surface area (Å²) in [6, 6.07) is 24.6. The standard InChI is InChI=1S/C27H29N3O2S/c1-27(2,3)21-12-10-20(11-13-21)25(32)30-26(33)29-23-16-14-22(15-17-23)28-24(31)18-9-19-7-5-4-6-8-19/h4-8,10-17H,9,18H2,1-3H3,(H,28,31)(H2,29,30,32,33). The molecule has 0 aliphatic carbocycles. The number of hydrogen-bond acceptors (Lipinski definition) is 3. The van der Waals surface area contributed by atoms with Crippen LogP contribution in [0.15, 0.2) is 78.9 Å². The summed E-state index contributed by atoms with van der Waals surface area (Å²) in [6.45, 7) is 6.38. The van der Waals surface area contributed by atoms with Crippen molar-refractivity contribution in [3.63, 3.8) is 0 Å². The highest BCUT2D eigenvalue weighted by atomic mass is 32.1. The molecule has 0 fully saturated rings. The van der Waals surface area contributed by atoms with E-state index in [2.05, 4.69) is 36.7 Å². The van der Waals surface area contributed by atoms with Gasteiger partial charge in [-0.3, -0.25) is 14.9 Å². The molecule has 6 heteroatoms. The van der Waals surface area contributed by atoms with E-state index in [4.69, 9.17) is 12.2 Å². The van der Waals surface area contributed by atoms with Gasteiger partial charge in [-0.25, -0.2) is 0 Å². The van der Waals surface area contributed by atoms with Gasteiger partial charge in [0.05, 0.1) is 0 Å². The summed E-state index contributed by atoms with van der Waals surface area (Å²) in [5.74, 6) is -0.310. The molecule has 3 rings (SSSR count). The molecule has 0 aliphatic heterocycles. The molecule has 0 radical (unpaired) electrons. The maximum Gasteiger partial charge on any atom is 0.257 e. The molecule has 0 aromatic heterocycles. The molecule has 0 heterocycles. The smallest absolute Gasteiger partial charge is 0.257 e. The molecule has 5 nitrogen and oxygen atoms in total. The van der Waals surface area contributed by atoms with Crippen molar-refractivity contribution < 1.29 is 9.59 Å². The van der Waals surface area contributed by atoms with Crippen LogP contribution < -0.4 is 16.0 Å². The first-order valence-corrected chi connectivity index (χ1v) is 11.3. The predicted molar refractivity (Wildman–Crippen MR) is 139 cm³/mol. The first-order valence-electron chi connectivity index (χ1n) is 10.9. The van der Waals surface area contributed by atoms with E-state index in [0.29, 0.717) is 29.8 Å². The number of anilines is 2. The van der Waals surface area contributed by atoms with Crippen molar-refractivity contribution in [2.45, 2.75) is 39.0 Å². The minimum absolute atomic E-state index is 0.0272. The minimum Gasteiger partial charge on any atom is -0.332 e. The van der Waals surface area contributed by atoms with Crippen LogP contribution in [0.25, 0.3) is 0 Å². The maximum absolute atomic E-state index is 12.5. The highest BCUT2D eigenvalue weighted by Crippen LogP contribution is 2.22. The lowest BCUT2D eigenvalue weighted by atomic mass is 9.87. The zero-order valence-corrected chi connectivity index (χ0v) is 20.0. The Morgan fingerprint density at radius 3 is 1.94 bits per heavy atom. The predicted octanol–water partition coefficient (Wildman–Crippen LogP) is 5.68. The molecular formula is C27H29N3O2S. The van der Waals surface area contributed by atoms with E-state index in [1.807, 2.05) is 42.5 Å². The second kappa shape index (κ2) is 10.9. The topological polar surface area (TPSA) is 70.2 Å². The van der Waals surface area contributed by atoms with Crippen LogP contribution in [0.2, 0.25) is 0 Å². The summed E-state index contributed by atoms with van der Waals surface area (Å²) in [5, 5.41) is 8.79. The molecule has 3 aromatic rings. The number of carbonyl (C=O) groups is 2. The largest absolute Gasteiger partial charge is 0.332 e. The molecule has 3 N–H and O–H groups in total. The second-order valence-corrected chi connectivity index (χ2v) is 9.25. The van der Waals surface area contributed by atoms with Crippen molar-refractivity contribution >= 4 is 40.5 Å². The Morgan fingerprint density at radius 2 is 1.36 bits per heavy atom. The average molecular weight is 460 g/mol. The van der Waals surface area contributed by atoms with Crippen LogP contribution >= 0.6 is 12.2 Å². The number of hydrogen-bond donors (Lipinski definition) is 3. The van der Waals surface area contributed by atoms with Gasteiger partial charge in [0.15, 0.2) is 5.11 Å². The number of benzene rings is 3. The number of rotatable bonds is 6. The van der Waals surface area contributed by atoms with E-state index < -0.39 is 0 Å². The Labute approximate surface area is 200 Å². The fraction of sp³-hybridized carbons (Fsp3) is 0.222. The van der Waals surface area contributed by atoms with Gasteiger partial charge in [0, 0.05) is 23.4 Å². The third kappa shape index (κ3) is 7.54. The van der Waals surface area contributed by atoms with Gasteiger partial charge in [0.1, 0.15) is 0 Å². The van der Waals surface area contributed by atoms with Crippen LogP contribution in [0.3, 0.4) is 0 Å². The Hall–Kier alpha value is -3.51. The number of nitrogens with one attached hydrogen (secondary N) is 3. The van der Waals surface area contributed by atoms with Gasteiger partial charge in [-0.15, -0.1) is 0 Å². The van der Waals surface area contributed by atoms with Gasteiger partial charge < -0.3 is 10.6 Å². The first kappa shape index (κ1) is 24.1. The normalized spacial score (nSPS) is 10.9. The van der Waals surface area contributed by atoms with Crippen molar-refractivity contribution in [1.82, 2.24) is 5.32 Å². The first-order chi connectivity index (χ1) is 15.7. The summed E-state index contributed by atoms with van der Waals surface area (Å²) < 4.78 is 0. The average Bonchev–Trinajstić information content (AvgIpc) is 2.79. The summed E-state index contributed by atoms with van der Waals surface area (Å²) in [6.07, 6.45) is 1.11. The second-order valence-electron chi connectivity index (χ2n) is 8.85. The molecule has 0 saturated heterocycles. The van der Waals surface area contributed by atoms with Crippen molar-refractivity contribution in [1.29, 1.82) is 0 Å². The molecule has 3 aromatic carbocycles. The molecule has 0 bridgehead atoms. The van der Waals surface area contributed by atoms with E-state index in [0.717, 1.165) is 11.1 Å². The van der Waals surface area contributed by atoms with E-state index >= 15 is 0 Å². The lowest BCUT2D eigenvalue weighted by Gasteiger charge is -2.19.